The molecule has 0 fully saturated rings. The van der Waals surface area contributed by atoms with Gasteiger partial charge in [0.05, 0.1) is 25.3 Å². The van der Waals surface area contributed by atoms with Gasteiger partial charge in [-0.25, -0.2) is 4.79 Å². The molecule has 0 bridgehead atoms. The third-order valence-electron chi connectivity index (χ3n) is 4.46. The highest BCUT2D eigenvalue weighted by Crippen LogP contribution is 2.30. The van der Waals surface area contributed by atoms with Crippen molar-refractivity contribution in [2.75, 3.05) is 19.0 Å². The standard InChI is InChI=1S/C24H23N3O4/c1-3-30-21-12-19(13-22(14-21)31-16-18-8-10-26-11-9-18)23(24(28)29-2)27-20-6-4-17(15-25)5-7-20/h4-14,23,27H,3,16H2,1-2H3. The van der Waals surface area contributed by atoms with Crippen LogP contribution in [0.4, 0.5) is 5.69 Å². The van der Waals surface area contributed by atoms with Crippen LogP contribution in [0.25, 0.3) is 0 Å². The van der Waals surface area contributed by atoms with Crippen LogP contribution >= 0.6 is 0 Å². The van der Waals surface area contributed by atoms with Gasteiger partial charge in [-0.2, -0.15) is 5.26 Å². The third kappa shape index (κ3) is 5.97. The number of pyridine rings is 1. The van der Waals surface area contributed by atoms with Crippen LogP contribution in [-0.2, 0) is 16.1 Å². The van der Waals surface area contributed by atoms with Crippen molar-refractivity contribution in [1.82, 2.24) is 4.98 Å². The van der Waals surface area contributed by atoms with Crippen molar-refractivity contribution in [2.24, 2.45) is 0 Å². The summed E-state index contributed by atoms with van der Waals surface area (Å²) in [5, 5.41) is 12.1. The number of hydrogen-bond donors (Lipinski definition) is 1. The van der Waals surface area contributed by atoms with E-state index in [1.54, 1.807) is 54.9 Å². The van der Waals surface area contributed by atoms with Crippen molar-refractivity contribution in [3.8, 4) is 17.6 Å². The first-order valence-corrected chi connectivity index (χ1v) is 9.77. The lowest BCUT2D eigenvalue weighted by Gasteiger charge is -2.20. The average Bonchev–Trinajstić information content (AvgIpc) is 2.82. The second-order valence-electron chi connectivity index (χ2n) is 6.60. The topological polar surface area (TPSA) is 93.5 Å². The van der Waals surface area contributed by atoms with E-state index in [0.717, 1.165) is 5.56 Å². The van der Waals surface area contributed by atoms with Crippen LogP contribution in [0.2, 0.25) is 0 Å². The van der Waals surface area contributed by atoms with Crippen LogP contribution in [0.1, 0.15) is 29.7 Å². The van der Waals surface area contributed by atoms with Crippen LogP contribution in [0.3, 0.4) is 0 Å². The first kappa shape index (κ1) is 21.7. The fraction of sp³-hybridized carbons (Fsp3) is 0.208. The molecule has 7 nitrogen and oxygen atoms in total. The summed E-state index contributed by atoms with van der Waals surface area (Å²) < 4.78 is 16.6. The summed E-state index contributed by atoms with van der Waals surface area (Å²) in [6, 6.07) is 17.2. The number of anilines is 1. The number of rotatable bonds is 9. The number of carbonyl (C=O) groups excluding carboxylic acids is 1. The predicted octanol–water partition coefficient (Wildman–Crippen LogP) is 4.26. The maximum absolute atomic E-state index is 12.6. The van der Waals surface area contributed by atoms with E-state index >= 15 is 0 Å². The zero-order valence-corrected chi connectivity index (χ0v) is 17.4. The number of esters is 1. The van der Waals surface area contributed by atoms with Crippen molar-refractivity contribution in [3.05, 3.63) is 83.7 Å². The summed E-state index contributed by atoms with van der Waals surface area (Å²) in [5.74, 6) is 0.687. The highest BCUT2D eigenvalue weighted by Gasteiger charge is 2.23. The van der Waals surface area contributed by atoms with Crippen LogP contribution in [0, 0.1) is 11.3 Å². The highest BCUT2D eigenvalue weighted by atomic mass is 16.5. The Labute approximate surface area is 181 Å². The summed E-state index contributed by atoms with van der Waals surface area (Å²) in [6.07, 6.45) is 3.41. The minimum absolute atomic E-state index is 0.351. The molecule has 0 amide bonds. The van der Waals surface area contributed by atoms with E-state index in [1.807, 2.05) is 19.1 Å². The van der Waals surface area contributed by atoms with Crippen LogP contribution in [0.15, 0.2) is 67.0 Å². The number of carbonyl (C=O) groups is 1. The van der Waals surface area contributed by atoms with E-state index in [9.17, 15) is 4.79 Å². The van der Waals surface area contributed by atoms with Crippen LogP contribution < -0.4 is 14.8 Å². The Bertz CT molecular complexity index is 1050. The SMILES string of the molecule is CCOc1cc(OCc2ccncc2)cc(C(Nc2ccc(C#N)cc2)C(=O)OC)c1. The van der Waals surface area contributed by atoms with E-state index in [0.29, 0.717) is 41.5 Å². The van der Waals surface area contributed by atoms with Crippen molar-refractivity contribution in [1.29, 1.82) is 5.26 Å². The molecule has 0 saturated heterocycles. The van der Waals surface area contributed by atoms with E-state index in [1.165, 1.54) is 7.11 Å². The Kier molecular flexibility index (Phi) is 7.44. The van der Waals surface area contributed by atoms with Crippen LogP contribution in [-0.4, -0.2) is 24.7 Å². The molecule has 3 aromatic rings. The molecule has 2 aromatic carbocycles. The zero-order chi connectivity index (χ0) is 22.1. The fourth-order valence-corrected chi connectivity index (χ4v) is 2.94. The Morgan fingerprint density at radius 1 is 1.06 bits per heavy atom. The van der Waals surface area contributed by atoms with Gasteiger partial charge < -0.3 is 19.5 Å². The van der Waals surface area contributed by atoms with E-state index < -0.39 is 12.0 Å². The highest BCUT2D eigenvalue weighted by molar-refractivity contribution is 5.81. The minimum Gasteiger partial charge on any atom is -0.494 e. The predicted molar refractivity (Wildman–Crippen MR) is 116 cm³/mol. The third-order valence-corrected chi connectivity index (χ3v) is 4.46. The number of methoxy groups -OCH3 is 1. The number of nitrogens with zero attached hydrogens (tertiary/aromatic N) is 2. The van der Waals surface area contributed by atoms with Gasteiger partial charge in [0.25, 0.3) is 0 Å². The molecule has 1 aromatic heterocycles. The molecule has 7 heteroatoms. The molecule has 0 saturated carbocycles. The van der Waals surface area contributed by atoms with E-state index in [4.69, 9.17) is 19.5 Å². The molecule has 0 spiro atoms. The molecule has 0 aliphatic heterocycles. The molecule has 0 aliphatic carbocycles. The minimum atomic E-state index is -0.790. The molecule has 1 atom stereocenters. The first-order valence-electron chi connectivity index (χ1n) is 9.77. The number of hydrogen-bond acceptors (Lipinski definition) is 7. The molecule has 3 rings (SSSR count). The van der Waals surface area contributed by atoms with Gasteiger partial charge in [-0.15, -0.1) is 0 Å². The van der Waals surface area contributed by atoms with Gasteiger partial charge in [0.15, 0.2) is 6.04 Å². The van der Waals surface area contributed by atoms with E-state index in [-0.39, 0.29) is 0 Å². The largest absolute Gasteiger partial charge is 0.494 e. The molecule has 1 N–H and O–H groups in total. The van der Waals surface area contributed by atoms with Gasteiger partial charge in [0, 0.05) is 24.1 Å². The van der Waals surface area contributed by atoms with Gasteiger partial charge in [-0.05, 0) is 66.6 Å². The lowest BCUT2D eigenvalue weighted by atomic mass is 10.1. The maximum Gasteiger partial charge on any atom is 0.332 e. The molecule has 0 aliphatic rings. The average molecular weight is 417 g/mol. The summed E-state index contributed by atoms with van der Waals surface area (Å²) in [4.78, 5) is 16.6. The molecule has 31 heavy (non-hydrogen) atoms. The second kappa shape index (κ2) is 10.6. The van der Waals surface area contributed by atoms with Gasteiger partial charge in [0.1, 0.15) is 18.1 Å². The smallest absolute Gasteiger partial charge is 0.332 e. The lowest BCUT2D eigenvalue weighted by molar-refractivity contribution is -0.141. The summed E-state index contributed by atoms with van der Waals surface area (Å²) in [6.45, 7) is 2.71. The van der Waals surface area contributed by atoms with E-state index in [2.05, 4.69) is 16.4 Å². The summed E-state index contributed by atoms with van der Waals surface area (Å²) in [5.41, 5.74) is 2.81. The second-order valence-corrected chi connectivity index (χ2v) is 6.60. The van der Waals surface area contributed by atoms with Gasteiger partial charge in [-0.1, -0.05) is 0 Å². The fourth-order valence-electron chi connectivity index (χ4n) is 2.94. The Morgan fingerprint density at radius 3 is 2.35 bits per heavy atom. The molecule has 1 heterocycles. The quantitative estimate of drug-likeness (QED) is 0.520. The molecule has 1 unspecified atom stereocenters. The van der Waals surface area contributed by atoms with Crippen LogP contribution in [0.5, 0.6) is 11.5 Å². The Balaban J connectivity index is 1.89. The Morgan fingerprint density at radius 2 is 1.74 bits per heavy atom. The number of benzene rings is 2. The van der Waals surface area contributed by atoms with Crippen molar-refractivity contribution < 1.29 is 19.0 Å². The maximum atomic E-state index is 12.6. The monoisotopic (exact) mass is 417 g/mol. The van der Waals surface area contributed by atoms with Crippen molar-refractivity contribution in [3.63, 3.8) is 0 Å². The molecular weight excluding hydrogens is 394 g/mol. The lowest BCUT2D eigenvalue weighted by Crippen LogP contribution is -2.22. The van der Waals surface area contributed by atoms with Gasteiger partial charge >= 0.3 is 5.97 Å². The zero-order valence-electron chi connectivity index (χ0n) is 17.4. The normalized spacial score (nSPS) is 11.1. The summed E-state index contributed by atoms with van der Waals surface area (Å²) >= 11 is 0. The van der Waals surface area contributed by atoms with Crippen molar-refractivity contribution >= 4 is 11.7 Å². The molecular formula is C24H23N3O4. The van der Waals surface area contributed by atoms with Gasteiger partial charge in [0.2, 0.25) is 0 Å². The molecule has 158 valence electrons. The number of aromatic nitrogens is 1. The molecule has 0 radical (unpaired) electrons. The number of nitriles is 1. The number of ether oxygens (including phenoxy) is 3. The van der Waals surface area contributed by atoms with Gasteiger partial charge in [-0.3, -0.25) is 4.98 Å². The number of nitrogens with one attached hydrogen (secondary N) is 1. The summed E-state index contributed by atoms with van der Waals surface area (Å²) in [7, 11) is 1.34. The first-order chi connectivity index (χ1) is 15.1. The Hall–Kier alpha value is -4.05. The van der Waals surface area contributed by atoms with Crippen molar-refractivity contribution in [2.45, 2.75) is 19.6 Å².